The van der Waals surface area contributed by atoms with Crippen LogP contribution in [-0.2, 0) is 0 Å². The first-order chi connectivity index (χ1) is 4.81. The SMILES string of the molecule is C[C@H](CCO)CCCC#N. The molecular formula is C8H15NO. The van der Waals surface area contributed by atoms with Crippen LogP contribution in [0.5, 0.6) is 0 Å². The van der Waals surface area contributed by atoms with E-state index in [2.05, 4.69) is 13.0 Å². The molecule has 0 amide bonds. The summed E-state index contributed by atoms with van der Waals surface area (Å²) in [5, 5.41) is 16.7. The fourth-order valence-corrected chi connectivity index (χ4v) is 0.894. The third-order valence-corrected chi connectivity index (χ3v) is 1.61. The Labute approximate surface area is 62.5 Å². The highest BCUT2D eigenvalue weighted by Gasteiger charge is 1.99. The van der Waals surface area contributed by atoms with Crippen molar-refractivity contribution in [3.05, 3.63) is 0 Å². The molecule has 0 spiro atoms. The molecule has 0 aliphatic carbocycles. The maximum Gasteiger partial charge on any atom is 0.0621 e. The summed E-state index contributed by atoms with van der Waals surface area (Å²) >= 11 is 0. The molecule has 0 aromatic rings. The van der Waals surface area contributed by atoms with Gasteiger partial charge in [0.25, 0.3) is 0 Å². The van der Waals surface area contributed by atoms with Gasteiger partial charge in [0.15, 0.2) is 0 Å². The number of aliphatic hydroxyl groups excluding tert-OH is 1. The monoisotopic (exact) mass is 141 g/mol. The minimum absolute atomic E-state index is 0.272. The highest BCUT2D eigenvalue weighted by Crippen LogP contribution is 2.10. The number of hydrogen-bond acceptors (Lipinski definition) is 2. The Bertz CT molecular complexity index is 106. The Morgan fingerprint density at radius 3 is 2.70 bits per heavy atom. The van der Waals surface area contributed by atoms with Crippen LogP contribution in [0.3, 0.4) is 0 Å². The molecule has 10 heavy (non-hydrogen) atoms. The van der Waals surface area contributed by atoms with Gasteiger partial charge in [-0.3, -0.25) is 0 Å². The third-order valence-electron chi connectivity index (χ3n) is 1.61. The van der Waals surface area contributed by atoms with Crippen LogP contribution in [-0.4, -0.2) is 11.7 Å². The predicted molar refractivity (Wildman–Crippen MR) is 40.3 cm³/mol. The van der Waals surface area contributed by atoms with Crippen molar-refractivity contribution in [1.29, 1.82) is 5.26 Å². The molecule has 58 valence electrons. The molecule has 0 unspecified atom stereocenters. The molecule has 0 fully saturated rings. The van der Waals surface area contributed by atoms with Crippen molar-refractivity contribution in [3.8, 4) is 6.07 Å². The summed E-state index contributed by atoms with van der Waals surface area (Å²) in [5.74, 6) is 0.568. The number of rotatable bonds is 5. The molecule has 0 heterocycles. The minimum atomic E-state index is 0.272. The molecule has 1 atom stereocenters. The van der Waals surface area contributed by atoms with Crippen molar-refractivity contribution in [3.63, 3.8) is 0 Å². The van der Waals surface area contributed by atoms with Crippen LogP contribution in [0.15, 0.2) is 0 Å². The standard InChI is InChI=1S/C8H15NO/c1-8(5-7-10)4-2-3-6-9/h8,10H,2-5,7H2,1H3/t8-/m0/s1. The van der Waals surface area contributed by atoms with Crippen molar-refractivity contribution in [1.82, 2.24) is 0 Å². The molecule has 0 aliphatic rings. The Morgan fingerprint density at radius 1 is 1.50 bits per heavy atom. The number of unbranched alkanes of at least 4 members (excludes halogenated alkanes) is 1. The summed E-state index contributed by atoms with van der Waals surface area (Å²) in [5.41, 5.74) is 0. The average molecular weight is 141 g/mol. The van der Waals surface area contributed by atoms with E-state index >= 15 is 0 Å². The Kier molecular flexibility index (Phi) is 6.21. The van der Waals surface area contributed by atoms with E-state index in [0.717, 1.165) is 19.3 Å². The van der Waals surface area contributed by atoms with E-state index in [1.807, 2.05) is 0 Å². The third kappa shape index (κ3) is 5.58. The quantitative estimate of drug-likeness (QED) is 0.592. The molecule has 1 N–H and O–H groups in total. The normalized spacial score (nSPS) is 12.5. The number of aliphatic hydroxyl groups is 1. The van der Waals surface area contributed by atoms with Crippen molar-refractivity contribution in [2.45, 2.75) is 32.6 Å². The number of nitriles is 1. The smallest absolute Gasteiger partial charge is 0.0621 e. The van der Waals surface area contributed by atoms with Crippen LogP contribution in [0.2, 0.25) is 0 Å². The average Bonchev–Trinajstić information content (AvgIpc) is 1.89. The zero-order chi connectivity index (χ0) is 7.82. The lowest BCUT2D eigenvalue weighted by molar-refractivity contribution is 0.257. The maximum atomic E-state index is 8.53. The van der Waals surface area contributed by atoms with E-state index < -0.39 is 0 Å². The molecule has 0 saturated heterocycles. The van der Waals surface area contributed by atoms with E-state index in [-0.39, 0.29) is 6.61 Å². The van der Waals surface area contributed by atoms with E-state index in [0.29, 0.717) is 12.3 Å². The van der Waals surface area contributed by atoms with Crippen molar-refractivity contribution in [2.24, 2.45) is 5.92 Å². The lowest BCUT2D eigenvalue weighted by Gasteiger charge is -2.06. The maximum absolute atomic E-state index is 8.53. The molecule has 0 rings (SSSR count). The highest BCUT2D eigenvalue weighted by atomic mass is 16.2. The van der Waals surface area contributed by atoms with E-state index in [1.54, 1.807) is 0 Å². The summed E-state index contributed by atoms with van der Waals surface area (Å²) in [6, 6.07) is 2.10. The number of nitrogens with zero attached hydrogens (tertiary/aromatic N) is 1. The molecule has 0 aromatic carbocycles. The van der Waals surface area contributed by atoms with Gasteiger partial charge in [0, 0.05) is 13.0 Å². The minimum Gasteiger partial charge on any atom is -0.396 e. The second kappa shape index (κ2) is 6.57. The predicted octanol–water partition coefficient (Wildman–Crippen LogP) is 1.70. The summed E-state index contributed by atoms with van der Waals surface area (Å²) in [6.07, 6.45) is 3.55. The van der Waals surface area contributed by atoms with Gasteiger partial charge in [-0.15, -0.1) is 0 Å². The van der Waals surface area contributed by atoms with Gasteiger partial charge in [-0.05, 0) is 25.2 Å². The topological polar surface area (TPSA) is 44.0 Å². The largest absolute Gasteiger partial charge is 0.396 e. The summed E-state index contributed by atoms with van der Waals surface area (Å²) in [6.45, 7) is 2.38. The van der Waals surface area contributed by atoms with Crippen molar-refractivity contribution >= 4 is 0 Å². The molecule has 2 nitrogen and oxygen atoms in total. The summed E-state index contributed by atoms with van der Waals surface area (Å²) in [4.78, 5) is 0. The second-order valence-electron chi connectivity index (χ2n) is 2.67. The zero-order valence-corrected chi connectivity index (χ0v) is 6.51. The van der Waals surface area contributed by atoms with Gasteiger partial charge < -0.3 is 5.11 Å². The van der Waals surface area contributed by atoms with Gasteiger partial charge in [-0.1, -0.05) is 6.92 Å². The van der Waals surface area contributed by atoms with Gasteiger partial charge in [-0.25, -0.2) is 0 Å². The van der Waals surface area contributed by atoms with E-state index in [9.17, 15) is 0 Å². The fraction of sp³-hybridized carbons (Fsp3) is 0.875. The highest BCUT2D eigenvalue weighted by molar-refractivity contribution is 4.68. The fourth-order valence-electron chi connectivity index (χ4n) is 0.894. The van der Waals surface area contributed by atoms with Gasteiger partial charge in [0.2, 0.25) is 0 Å². The van der Waals surface area contributed by atoms with Gasteiger partial charge in [0.05, 0.1) is 6.07 Å². The second-order valence-corrected chi connectivity index (χ2v) is 2.67. The molecular weight excluding hydrogens is 126 g/mol. The van der Waals surface area contributed by atoms with Gasteiger partial charge in [-0.2, -0.15) is 5.26 Å². The van der Waals surface area contributed by atoms with Gasteiger partial charge in [0.1, 0.15) is 0 Å². The van der Waals surface area contributed by atoms with E-state index in [1.165, 1.54) is 0 Å². The lowest BCUT2D eigenvalue weighted by Crippen LogP contribution is -1.97. The first-order valence-corrected chi connectivity index (χ1v) is 3.79. The molecule has 0 radical (unpaired) electrons. The molecule has 0 bridgehead atoms. The zero-order valence-electron chi connectivity index (χ0n) is 6.51. The van der Waals surface area contributed by atoms with Crippen LogP contribution in [0.25, 0.3) is 0 Å². The van der Waals surface area contributed by atoms with Crippen LogP contribution < -0.4 is 0 Å². The first kappa shape index (κ1) is 9.45. The molecule has 0 saturated carbocycles. The Morgan fingerprint density at radius 2 is 2.20 bits per heavy atom. The summed E-state index contributed by atoms with van der Waals surface area (Å²) < 4.78 is 0. The van der Waals surface area contributed by atoms with Gasteiger partial charge >= 0.3 is 0 Å². The van der Waals surface area contributed by atoms with Crippen LogP contribution in [0.1, 0.15) is 32.6 Å². The van der Waals surface area contributed by atoms with Crippen LogP contribution in [0.4, 0.5) is 0 Å². The Balaban J connectivity index is 3.06. The molecule has 0 aliphatic heterocycles. The summed E-state index contributed by atoms with van der Waals surface area (Å²) in [7, 11) is 0. The van der Waals surface area contributed by atoms with Crippen LogP contribution in [0, 0.1) is 17.2 Å². The van der Waals surface area contributed by atoms with Crippen LogP contribution >= 0.6 is 0 Å². The van der Waals surface area contributed by atoms with Crippen molar-refractivity contribution < 1.29 is 5.11 Å². The lowest BCUT2D eigenvalue weighted by atomic mass is 10.0. The van der Waals surface area contributed by atoms with Crippen molar-refractivity contribution in [2.75, 3.05) is 6.61 Å². The first-order valence-electron chi connectivity index (χ1n) is 3.79. The Hall–Kier alpha value is -0.550. The molecule has 0 aromatic heterocycles. The molecule has 2 heteroatoms. The number of hydrogen-bond donors (Lipinski definition) is 1. The van der Waals surface area contributed by atoms with E-state index in [4.69, 9.17) is 10.4 Å².